The number of piperidine rings is 1. The van der Waals surface area contributed by atoms with Crippen molar-refractivity contribution in [2.45, 2.75) is 44.8 Å². The molecule has 1 atom stereocenters. The molecule has 0 radical (unpaired) electrons. The number of aromatic nitrogens is 4. The van der Waals surface area contributed by atoms with Gasteiger partial charge in [0, 0.05) is 31.5 Å². The van der Waals surface area contributed by atoms with E-state index in [-0.39, 0.29) is 17.5 Å². The van der Waals surface area contributed by atoms with Gasteiger partial charge in [-0.15, -0.1) is 0 Å². The second kappa shape index (κ2) is 9.48. The molecule has 0 saturated carbocycles. The van der Waals surface area contributed by atoms with Crippen LogP contribution < -0.4 is 10.5 Å². The maximum atomic E-state index is 14.7. The van der Waals surface area contributed by atoms with E-state index >= 15 is 0 Å². The fourth-order valence-corrected chi connectivity index (χ4v) is 4.53. The van der Waals surface area contributed by atoms with E-state index in [1.807, 2.05) is 0 Å². The molecule has 2 fully saturated rings. The highest BCUT2D eigenvalue weighted by atomic mass is 19.1. The number of carbonyl (C=O) groups excluding carboxylic acids is 1. The molecule has 9 nitrogen and oxygen atoms in total. The first kappa shape index (κ1) is 21.8. The van der Waals surface area contributed by atoms with Crippen molar-refractivity contribution in [2.24, 2.45) is 5.73 Å². The Labute approximate surface area is 191 Å². The molecule has 176 valence electrons. The van der Waals surface area contributed by atoms with Crippen molar-refractivity contribution in [1.82, 2.24) is 24.6 Å². The minimum absolute atomic E-state index is 0.161. The van der Waals surface area contributed by atoms with Gasteiger partial charge in [0.1, 0.15) is 18.5 Å². The van der Waals surface area contributed by atoms with Crippen LogP contribution in [0.1, 0.15) is 55.1 Å². The maximum absolute atomic E-state index is 14.7. The van der Waals surface area contributed by atoms with Gasteiger partial charge in [0.15, 0.2) is 17.4 Å². The van der Waals surface area contributed by atoms with Gasteiger partial charge in [-0.2, -0.15) is 5.10 Å². The number of hydrogen-bond donors (Lipinski definition) is 2. The van der Waals surface area contributed by atoms with Crippen LogP contribution in [0.3, 0.4) is 0 Å². The number of nitrogens with one attached hydrogen (secondary N) is 1. The molecule has 2 saturated heterocycles. The van der Waals surface area contributed by atoms with E-state index in [0.717, 1.165) is 38.9 Å². The van der Waals surface area contributed by atoms with Gasteiger partial charge in [0.05, 0.1) is 16.6 Å². The Kier molecular flexibility index (Phi) is 6.28. The normalized spacial score (nSPS) is 19.7. The largest absolute Gasteiger partial charge is 0.489 e. The van der Waals surface area contributed by atoms with E-state index in [9.17, 15) is 9.18 Å². The number of fused-ring (bicyclic) bond motifs is 1. The number of nitrogens with zero attached hydrogens (tertiary/aromatic N) is 4. The molecule has 2 aliphatic heterocycles. The van der Waals surface area contributed by atoms with Crippen molar-refractivity contribution >= 4 is 16.9 Å². The zero-order valence-electron chi connectivity index (χ0n) is 18.6. The minimum Gasteiger partial charge on any atom is -0.489 e. The summed E-state index contributed by atoms with van der Waals surface area (Å²) in [5.74, 6) is -0.569. The summed E-state index contributed by atoms with van der Waals surface area (Å²) in [6, 6.07) is 2.93. The van der Waals surface area contributed by atoms with Crippen molar-refractivity contribution < 1.29 is 18.7 Å². The van der Waals surface area contributed by atoms with Crippen LogP contribution in [0.25, 0.3) is 22.6 Å². The second-order valence-corrected chi connectivity index (χ2v) is 8.69. The first-order chi connectivity index (χ1) is 16.1. The highest BCUT2D eigenvalue weighted by molar-refractivity contribution is 5.98. The van der Waals surface area contributed by atoms with Crippen LogP contribution in [-0.4, -0.2) is 63.4 Å². The lowest BCUT2D eigenvalue weighted by atomic mass is 10.1. The number of primary amides is 1. The maximum Gasteiger partial charge on any atom is 0.252 e. The number of H-pyrrole nitrogens is 1. The van der Waals surface area contributed by atoms with Gasteiger partial charge in [-0.05, 0) is 45.2 Å². The Morgan fingerprint density at radius 2 is 2.09 bits per heavy atom. The number of rotatable bonds is 7. The Bertz CT molecular complexity index is 1130. The van der Waals surface area contributed by atoms with Crippen molar-refractivity contribution in [1.29, 1.82) is 0 Å². The molecule has 1 unspecified atom stereocenters. The molecule has 10 heteroatoms. The van der Waals surface area contributed by atoms with Gasteiger partial charge >= 0.3 is 0 Å². The Hall–Kier alpha value is -2.98. The van der Waals surface area contributed by atoms with Crippen LogP contribution >= 0.6 is 0 Å². The number of carbonyl (C=O) groups is 1. The lowest BCUT2D eigenvalue weighted by molar-refractivity contribution is -0.0393. The zero-order valence-corrected chi connectivity index (χ0v) is 18.6. The third-order valence-electron chi connectivity index (χ3n) is 6.32. The Morgan fingerprint density at radius 1 is 1.24 bits per heavy atom. The summed E-state index contributed by atoms with van der Waals surface area (Å²) in [5.41, 5.74) is 7.17. The van der Waals surface area contributed by atoms with Gasteiger partial charge < -0.3 is 20.2 Å². The first-order valence-corrected chi connectivity index (χ1v) is 11.6. The summed E-state index contributed by atoms with van der Waals surface area (Å²) in [6.45, 7) is 3.96. The zero-order chi connectivity index (χ0) is 22.8. The monoisotopic (exact) mass is 456 g/mol. The van der Waals surface area contributed by atoms with Crippen LogP contribution in [0.15, 0.2) is 18.3 Å². The lowest BCUT2D eigenvalue weighted by Gasteiger charge is -2.26. The average Bonchev–Trinajstić information content (AvgIpc) is 3.45. The standard InChI is InChI=1S/C23H29FN6O3/c24-16-12-17-18(13-19(16)32-11-9-29-7-3-1-4-8-29)27-23(26-17)21-15(22(25)31)14-30(28-21)20-6-2-5-10-33-20/h12-14,20H,1-11H2,(H2,25,31)(H,26,27). The molecule has 3 N–H and O–H groups in total. The number of nitrogens with two attached hydrogens (primary N) is 1. The fraction of sp³-hybridized carbons (Fsp3) is 0.522. The van der Waals surface area contributed by atoms with Crippen LogP contribution in [-0.2, 0) is 4.74 Å². The van der Waals surface area contributed by atoms with Crippen molar-refractivity contribution in [3.8, 4) is 17.3 Å². The van der Waals surface area contributed by atoms with Crippen molar-refractivity contribution in [3.05, 3.63) is 29.7 Å². The second-order valence-electron chi connectivity index (χ2n) is 8.69. The summed E-state index contributed by atoms with van der Waals surface area (Å²) in [5, 5.41) is 4.53. The van der Waals surface area contributed by atoms with Crippen molar-refractivity contribution in [2.75, 3.05) is 32.8 Å². The van der Waals surface area contributed by atoms with Gasteiger partial charge in [-0.1, -0.05) is 6.42 Å². The molecule has 5 rings (SSSR count). The van der Waals surface area contributed by atoms with Crippen molar-refractivity contribution in [3.63, 3.8) is 0 Å². The number of benzene rings is 1. The van der Waals surface area contributed by atoms with Crippen LogP contribution in [0.4, 0.5) is 4.39 Å². The van der Waals surface area contributed by atoms with Gasteiger partial charge in [0.25, 0.3) is 5.91 Å². The SMILES string of the molecule is NC(=O)c1cn(C2CCCCO2)nc1-c1nc2cc(OCCN3CCCCC3)c(F)cc2[nH]1. The summed E-state index contributed by atoms with van der Waals surface area (Å²) >= 11 is 0. The lowest BCUT2D eigenvalue weighted by Crippen LogP contribution is -2.33. The van der Waals surface area contributed by atoms with E-state index in [1.54, 1.807) is 16.9 Å². The summed E-state index contributed by atoms with van der Waals surface area (Å²) < 4.78 is 27.8. The Morgan fingerprint density at radius 3 is 2.85 bits per heavy atom. The molecule has 0 spiro atoms. The fourth-order valence-electron chi connectivity index (χ4n) is 4.53. The molecule has 1 amide bonds. The van der Waals surface area contributed by atoms with E-state index in [4.69, 9.17) is 15.2 Å². The van der Waals surface area contributed by atoms with Crippen LogP contribution in [0.5, 0.6) is 5.75 Å². The topological polar surface area (TPSA) is 111 Å². The number of halogens is 1. The highest BCUT2D eigenvalue weighted by Gasteiger charge is 2.24. The molecule has 0 bridgehead atoms. The summed E-state index contributed by atoms with van der Waals surface area (Å²) in [6.07, 6.45) is 7.86. The van der Waals surface area contributed by atoms with E-state index in [2.05, 4.69) is 20.0 Å². The number of hydrogen-bond acceptors (Lipinski definition) is 6. The third-order valence-corrected chi connectivity index (χ3v) is 6.32. The van der Waals surface area contributed by atoms with Gasteiger partial charge in [-0.3, -0.25) is 9.69 Å². The molecule has 2 aliphatic rings. The van der Waals surface area contributed by atoms with Crippen LogP contribution in [0.2, 0.25) is 0 Å². The first-order valence-electron chi connectivity index (χ1n) is 11.6. The summed E-state index contributed by atoms with van der Waals surface area (Å²) in [7, 11) is 0. The third kappa shape index (κ3) is 4.72. The summed E-state index contributed by atoms with van der Waals surface area (Å²) in [4.78, 5) is 22.0. The quantitative estimate of drug-likeness (QED) is 0.565. The number of amides is 1. The van der Waals surface area contributed by atoms with E-state index in [1.165, 1.54) is 25.3 Å². The van der Waals surface area contributed by atoms with E-state index < -0.39 is 11.7 Å². The predicted octanol–water partition coefficient (Wildman–Crippen LogP) is 3.23. The number of ether oxygens (including phenoxy) is 2. The number of imidazole rings is 1. The van der Waals surface area contributed by atoms with Gasteiger partial charge in [-0.25, -0.2) is 14.1 Å². The Balaban J connectivity index is 1.37. The molecule has 33 heavy (non-hydrogen) atoms. The smallest absolute Gasteiger partial charge is 0.252 e. The predicted molar refractivity (Wildman–Crippen MR) is 120 cm³/mol. The highest BCUT2D eigenvalue weighted by Crippen LogP contribution is 2.29. The molecule has 1 aromatic carbocycles. The molecular formula is C23H29FN6O3. The molecular weight excluding hydrogens is 427 g/mol. The minimum atomic E-state index is -0.611. The average molecular weight is 457 g/mol. The molecule has 4 heterocycles. The molecule has 0 aliphatic carbocycles. The molecule has 3 aromatic rings. The van der Waals surface area contributed by atoms with Gasteiger partial charge in [0.2, 0.25) is 0 Å². The van der Waals surface area contributed by atoms with Crippen LogP contribution in [0, 0.1) is 5.82 Å². The number of likely N-dealkylation sites (tertiary alicyclic amines) is 1. The number of aromatic amines is 1. The van der Waals surface area contributed by atoms with E-state index in [0.29, 0.717) is 35.8 Å². The molecule has 2 aromatic heterocycles.